The van der Waals surface area contributed by atoms with Gasteiger partial charge in [0.1, 0.15) is 11.8 Å². The number of hydrogen-bond donors (Lipinski definition) is 1. The first-order valence-electron chi connectivity index (χ1n) is 4.85. The summed E-state index contributed by atoms with van der Waals surface area (Å²) in [4.78, 5) is 24.1. The van der Waals surface area contributed by atoms with Crippen molar-refractivity contribution in [2.45, 2.75) is 6.04 Å². The third kappa shape index (κ3) is 1.60. The third-order valence-corrected chi connectivity index (χ3v) is 2.58. The smallest absolute Gasteiger partial charge is 0.324 e. The van der Waals surface area contributed by atoms with Crippen LogP contribution >= 0.6 is 0 Å². The van der Waals surface area contributed by atoms with E-state index >= 15 is 0 Å². The number of carbonyl (C=O) groups excluding carboxylic acids is 2. The molecule has 0 radical (unpaired) electrons. The minimum atomic E-state index is -0.604. The molecule has 0 aromatic heterocycles. The van der Waals surface area contributed by atoms with E-state index in [1.54, 1.807) is 31.4 Å². The van der Waals surface area contributed by atoms with E-state index in [0.29, 0.717) is 5.75 Å². The number of nitrogens with one attached hydrogen (secondary N) is 1. The molecule has 0 bridgehead atoms. The number of rotatable bonds is 2. The Morgan fingerprint density at radius 2 is 2.12 bits per heavy atom. The van der Waals surface area contributed by atoms with Crippen molar-refractivity contribution in [3.05, 3.63) is 29.8 Å². The molecule has 1 atom stereocenters. The molecule has 16 heavy (non-hydrogen) atoms. The highest BCUT2D eigenvalue weighted by Crippen LogP contribution is 2.23. The highest BCUT2D eigenvalue weighted by Gasteiger charge is 2.36. The molecule has 1 aliphatic rings. The van der Waals surface area contributed by atoms with Crippen molar-refractivity contribution in [1.29, 1.82) is 0 Å². The number of urea groups is 1. The van der Waals surface area contributed by atoms with Crippen molar-refractivity contribution in [2.24, 2.45) is 0 Å². The first kappa shape index (κ1) is 10.5. The number of amides is 3. The van der Waals surface area contributed by atoms with Gasteiger partial charge in [-0.05, 0) is 17.7 Å². The fourth-order valence-electron chi connectivity index (χ4n) is 1.62. The Kier molecular flexibility index (Phi) is 2.52. The lowest BCUT2D eigenvalue weighted by molar-refractivity contribution is -0.126. The average molecular weight is 220 g/mol. The molecule has 0 spiro atoms. The Balaban J connectivity index is 2.31. The van der Waals surface area contributed by atoms with Crippen LogP contribution in [0.25, 0.3) is 0 Å². The fourth-order valence-corrected chi connectivity index (χ4v) is 1.62. The van der Waals surface area contributed by atoms with E-state index in [0.717, 1.165) is 10.5 Å². The fraction of sp³-hybridized carbons (Fsp3) is 0.273. The van der Waals surface area contributed by atoms with E-state index in [4.69, 9.17) is 4.74 Å². The summed E-state index contributed by atoms with van der Waals surface area (Å²) in [6.45, 7) is 0. The highest BCUT2D eigenvalue weighted by molar-refractivity contribution is 6.04. The molecule has 1 saturated heterocycles. The predicted molar refractivity (Wildman–Crippen MR) is 57.0 cm³/mol. The number of carbonyl (C=O) groups is 2. The summed E-state index contributed by atoms with van der Waals surface area (Å²) in [7, 11) is 3.01. The van der Waals surface area contributed by atoms with Crippen molar-refractivity contribution in [2.75, 3.05) is 14.2 Å². The van der Waals surface area contributed by atoms with Gasteiger partial charge in [0.05, 0.1) is 7.11 Å². The Morgan fingerprint density at radius 1 is 1.38 bits per heavy atom. The van der Waals surface area contributed by atoms with Crippen LogP contribution < -0.4 is 10.1 Å². The Labute approximate surface area is 93.0 Å². The van der Waals surface area contributed by atoms with Crippen molar-refractivity contribution >= 4 is 11.9 Å². The lowest BCUT2D eigenvalue weighted by atomic mass is 10.1. The molecule has 1 unspecified atom stereocenters. The molecule has 84 valence electrons. The maximum atomic E-state index is 11.7. The number of ether oxygens (including phenoxy) is 1. The van der Waals surface area contributed by atoms with Crippen LogP contribution in [0.4, 0.5) is 4.79 Å². The van der Waals surface area contributed by atoms with Crippen molar-refractivity contribution in [3.63, 3.8) is 0 Å². The Morgan fingerprint density at radius 3 is 2.69 bits per heavy atom. The highest BCUT2D eigenvalue weighted by atomic mass is 16.5. The Hall–Kier alpha value is -2.04. The first-order chi connectivity index (χ1) is 7.63. The van der Waals surface area contributed by atoms with Crippen LogP contribution in [-0.4, -0.2) is 31.0 Å². The monoisotopic (exact) mass is 220 g/mol. The van der Waals surface area contributed by atoms with Gasteiger partial charge in [0.25, 0.3) is 5.91 Å². The molecule has 5 nitrogen and oxygen atoms in total. The summed E-state index contributed by atoms with van der Waals surface area (Å²) < 4.78 is 5.07. The van der Waals surface area contributed by atoms with Crippen molar-refractivity contribution in [1.82, 2.24) is 10.2 Å². The van der Waals surface area contributed by atoms with Gasteiger partial charge in [-0.3, -0.25) is 9.69 Å². The summed E-state index contributed by atoms with van der Waals surface area (Å²) in [6.07, 6.45) is 0. The molecule has 1 N–H and O–H groups in total. The number of imide groups is 1. The number of nitrogens with zero attached hydrogens (tertiary/aromatic N) is 1. The predicted octanol–water partition coefficient (Wildman–Crippen LogP) is 0.918. The molecule has 1 aromatic rings. The maximum absolute atomic E-state index is 11.7. The van der Waals surface area contributed by atoms with Gasteiger partial charge in [0, 0.05) is 7.05 Å². The summed E-state index contributed by atoms with van der Waals surface area (Å²) in [5, 5.41) is 2.60. The SMILES string of the molecule is COc1cccc(C2NC(=O)N(C)C2=O)c1. The molecule has 0 saturated carbocycles. The second kappa shape index (κ2) is 3.84. The molecule has 3 amide bonds. The standard InChI is InChI=1S/C11H12N2O3/c1-13-10(14)9(12-11(13)15)7-4-3-5-8(6-7)16-2/h3-6,9H,1-2H3,(H,12,15). The minimum absolute atomic E-state index is 0.252. The lowest BCUT2D eigenvalue weighted by Crippen LogP contribution is -2.25. The van der Waals surface area contributed by atoms with Gasteiger partial charge in [0.15, 0.2) is 0 Å². The lowest BCUT2D eigenvalue weighted by Gasteiger charge is -2.09. The van der Waals surface area contributed by atoms with Crippen molar-refractivity contribution in [3.8, 4) is 5.75 Å². The third-order valence-electron chi connectivity index (χ3n) is 2.58. The molecule has 1 heterocycles. The van der Waals surface area contributed by atoms with Crippen LogP contribution in [0.15, 0.2) is 24.3 Å². The van der Waals surface area contributed by atoms with Crippen LogP contribution in [0.5, 0.6) is 5.75 Å². The van der Waals surface area contributed by atoms with Crippen LogP contribution in [-0.2, 0) is 4.79 Å². The number of hydrogen-bond acceptors (Lipinski definition) is 3. The molecule has 1 aliphatic heterocycles. The summed E-state index contributed by atoms with van der Waals surface area (Å²) >= 11 is 0. The zero-order valence-corrected chi connectivity index (χ0v) is 9.06. The number of benzene rings is 1. The molecule has 1 aromatic carbocycles. The number of methoxy groups -OCH3 is 1. The maximum Gasteiger partial charge on any atom is 0.324 e. The van der Waals surface area contributed by atoms with E-state index in [2.05, 4.69) is 5.32 Å². The average Bonchev–Trinajstić information content (AvgIpc) is 2.57. The van der Waals surface area contributed by atoms with Crippen LogP contribution in [0, 0.1) is 0 Å². The molecule has 0 aliphatic carbocycles. The van der Waals surface area contributed by atoms with Gasteiger partial charge in [-0.2, -0.15) is 0 Å². The quantitative estimate of drug-likeness (QED) is 0.754. The molecular weight excluding hydrogens is 208 g/mol. The molecule has 2 rings (SSSR count). The topological polar surface area (TPSA) is 58.6 Å². The van der Waals surface area contributed by atoms with E-state index < -0.39 is 6.04 Å². The van der Waals surface area contributed by atoms with E-state index in [9.17, 15) is 9.59 Å². The summed E-state index contributed by atoms with van der Waals surface area (Å²) in [5.41, 5.74) is 0.724. The van der Waals surface area contributed by atoms with E-state index in [1.165, 1.54) is 7.05 Å². The van der Waals surface area contributed by atoms with Gasteiger partial charge < -0.3 is 10.1 Å². The minimum Gasteiger partial charge on any atom is -0.497 e. The zero-order valence-electron chi connectivity index (χ0n) is 9.06. The van der Waals surface area contributed by atoms with Crippen LogP contribution in [0.2, 0.25) is 0 Å². The normalized spacial score (nSPS) is 19.9. The zero-order chi connectivity index (χ0) is 11.7. The summed E-state index contributed by atoms with van der Waals surface area (Å²) in [6, 6.07) is 6.11. The van der Waals surface area contributed by atoms with Crippen LogP contribution in [0.3, 0.4) is 0 Å². The first-order valence-corrected chi connectivity index (χ1v) is 4.85. The Bertz CT molecular complexity index is 445. The second-order valence-electron chi connectivity index (χ2n) is 3.56. The van der Waals surface area contributed by atoms with Gasteiger partial charge in [-0.1, -0.05) is 12.1 Å². The van der Waals surface area contributed by atoms with Gasteiger partial charge in [-0.25, -0.2) is 4.79 Å². The van der Waals surface area contributed by atoms with Gasteiger partial charge in [-0.15, -0.1) is 0 Å². The van der Waals surface area contributed by atoms with Crippen LogP contribution in [0.1, 0.15) is 11.6 Å². The molecule has 1 fully saturated rings. The van der Waals surface area contributed by atoms with Crippen molar-refractivity contribution < 1.29 is 14.3 Å². The van der Waals surface area contributed by atoms with E-state index in [1.807, 2.05) is 0 Å². The van der Waals surface area contributed by atoms with Gasteiger partial charge >= 0.3 is 6.03 Å². The number of likely N-dealkylation sites (N-methyl/N-ethyl adjacent to an activating group) is 1. The van der Waals surface area contributed by atoms with E-state index in [-0.39, 0.29) is 11.9 Å². The molecule has 5 heteroatoms. The van der Waals surface area contributed by atoms with Gasteiger partial charge in [0.2, 0.25) is 0 Å². The second-order valence-corrected chi connectivity index (χ2v) is 3.56. The summed E-state index contributed by atoms with van der Waals surface area (Å²) in [5.74, 6) is 0.410. The largest absolute Gasteiger partial charge is 0.497 e. The molecular formula is C11H12N2O3.